The van der Waals surface area contributed by atoms with Crippen molar-refractivity contribution in [3.63, 3.8) is 0 Å². The molecule has 118 valence electrons. The molecular formula is C17H18N4O2. The lowest BCUT2D eigenvalue weighted by atomic mass is 10.2. The van der Waals surface area contributed by atoms with Crippen molar-refractivity contribution in [3.05, 3.63) is 47.8 Å². The van der Waals surface area contributed by atoms with Gasteiger partial charge >= 0.3 is 0 Å². The molecule has 1 aromatic carbocycles. The number of anilines is 1. The van der Waals surface area contributed by atoms with Crippen LogP contribution < -0.4 is 5.32 Å². The SMILES string of the molecule is CCCn1c(NC(=O)c2cc(C(C)=O)c[nH]2)nc2ccccc21. The Kier molecular flexibility index (Phi) is 3.97. The summed E-state index contributed by atoms with van der Waals surface area (Å²) >= 11 is 0. The number of ketones is 1. The van der Waals surface area contributed by atoms with Crippen LogP contribution >= 0.6 is 0 Å². The number of rotatable bonds is 5. The number of aryl methyl sites for hydroxylation is 1. The van der Waals surface area contributed by atoms with E-state index in [0.717, 1.165) is 24.0 Å². The van der Waals surface area contributed by atoms with Crippen molar-refractivity contribution in [1.82, 2.24) is 14.5 Å². The summed E-state index contributed by atoms with van der Waals surface area (Å²) in [7, 11) is 0. The van der Waals surface area contributed by atoms with Crippen LogP contribution in [-0.2, 0) is 6.54 Å². The van der Waals surface area contributed by atoms with Crippen LogP contribution in [0.4, 0.5) is 5.95 Å². The van der Waals surface area contributed by atoms with E-state index in [1.807, 2.05) is 28.8 Å². The molecule has 0 aliphatic carbocycles. The minimum absolute atomic E-state index is 0.0847. The number of hydrogen-bond donors (Lipinski definition) is 2. The summed E-state index contributed by atoms with van der Waals surface area (Å²) in [5.74, 6) is 0.112. The second-order valence-electron chi connectivity index (χ2n) is 5.39. The van der Waals surface area contributed by atoms with Gasteiger partial charge in [-0.3, -0.25) is 14.9 Å². The highest BCUT2D eigenvalue weighted by Crippen LogP contribution is 2.20. The van der Waals surface area contributed by atoms with Crippen molar-refractivity contribution in [3.8, 4) is 0 Å². The number of nitrogens with zero attached hydrogens (tertiary/aromatic N) is 2. The van der Waals surface area contributed by atoms with Crippen molar-refractivity contribution in [2.75, 3.05) is 5.32 Å². The summed E-state index contributed by atoms with van der Waals surface area (Å²) in [5.41, 5.74) is 2.65. The number of imidazole rings is 1. The van der Waals surface area contributed by atoms with E-state index in [9.17, 15) is 9.59 Å². The molecule has 0 spiro atoms. The van der Waals surface area contributed by atoms with Gasteiger partial charge in [-0.25, -0.2) is 4.98 Å². The van der Waals surface area contributed by atoms with E-state index >= 15 is 0 Å². The molecule has 2 heterocycles. The van der Waals surface area contributed by atoms with Gasteiger partial charge in [0.2, 0.25) is 5.95 Å². The number of fused-ring (bicyclic) bond motifs is 1. The summed E-state index contributed by atoms with van der Waals surface area (Å²) in [6.07, 6.45) is 2.46. The largest absolute Gasteiger partial charge is 0.356 e. The number of aromatic amines is 1. The van der Waals surface area contributed by atoms with Crippen molar-refractivity contribution in [1.29, 1.82) is 0 Å². The Hall–Kier alpha value is -2.89. The number of benzene rings is 1. The molecule has 6 nitrogen and oxygen atoms in total. The summed E-state index contributed by atoms with van der Waals surface area (Å²) in [4.78, 5) is 31.0. The maximum absolute atomic E-state index is 12.4. The van der Waals surface area contributed by atoms with Gasteiger partial charge in [0.25, 0.3) is 5.91 Å². The molecule has 6 heteroatoms. The standard InChI is InChI=1S/C17H18N4O2/c1-3-8-21-15-7-5-4-6-13(15)19-17(21)20-16(23)14-9-12(10-18-14)11(2)22/h4-7,9-10,18H,3,8H2,1-2H3,(H,19,20,23). The first-order valence-corrected chi connectivity index (χ1v) is 7.56. The minimum atomic E-state index is -0.315. The number of nitrogens with one attached hydrogen (secondary N) is 2. The molecule has 0 aliphatic rings. The second-order valence-corrected chi connectivity index (χ2v) is 5.39. The molecule has 2 aromatic heterocycles. The second kappa shape index (κ2) is 6.08. The van der Waals surface area contributed by atoms with Crippen molar-refractivity contribution < 1.29 is 9.59 Å². The van der Waals surface area contributed by atoms with Gasteiger partial charge in [-0.15, -0.1) is 0 Å². The van der Waals surface area contributed by atoms with E-state index in [1.54, 1.807) is 6.07 Å². The van der Waals surface area contributed by atoms with Crippen LogP contribution in [0.3, 0.4) is 0 Å². The highest BCUT2D eigenvalue weighted by atomic mass is 16.2. The molecule has 0 fully saturated rings. The Balaban J connectivity index is 1.92. The average molecular weight is 310 g/mol. The van der Waals surface area contributed by atoms with E-state index in [1.165, 1.54) is 13.1 Å². The summed E-state index contributed by atoms with van der Waals surface area (Å²) in [6.45, 7) is 4.30. The Labute approximate surface area is 133 Å². The lowest BCUT2D eigenvalue weighted by Crippen LogP contribution is -2.16. The summed E-state index contributed by atoms with van der Waals surface area (Å²) in [5, 5.41) is 2.82. The van der Waals surface area contributed by atoms with Crippen LogP contribution in [0.2, 0.25) is 0 Å². The van der Waals surface area contributed by atoms with Gasteiger partial charge in [-0.05, 0) is 31.5 Å². The smallest absolute Gasteiger partial charge is 0.274 e. The first-order chi connectivity index (χ1) is 11.1. The van der Waals surface area contributed by atoms with Gasteiger partial charge in [0.05, 0.1) is 11.0 Å². The number of aromatic nitrogens is 3. The third kappa shape index (κ3) is 2.88. The topological polar surface area (TPSA) is 79.8 Å². The third-order valence-corrected chi connectivity index (χ3v) is 3.66. The number of amides is 1. The summed E-state index contributed by atoms with van der Waals surface area (Å²) < 4.78 is 1.99. The molecule has 0 radical (unpaired) electrons. The zero-order chi connectivity index (χ0) is 16.4. The Bertz CT molecular complexity index is 876. The molecule has 23 heavy (non-hydrogen) atoms. The fraction of sp³-hybridized carbons (Fsp3) is 0.235. The zero-order valence-corrected chi connectivity index (χ0v) is 13.1. The molecule has 0 bridgehead atoms. The molecule has 3 rings (SSSR count). The number of H-pyrrole nitrogens is 1. The van der Waals surface area contributed by atoms with Crippen molar-refractivity contribution in [2.45, 2.75) is 26.8 Å². The lowest BCUT2D eigenvalue weighted by Gasteiger charge is -2.08. The van der Waals surface area contributed by atoms with Crippen LogP contribution in [0.25, 0.3) is 11.0 Å². The van der Waals surface area contributed by atoms with Crippen molar-refractivity contribution >= 4 is 28.7 Å². The van der Waals surface area contributed by atoms with Gasteiger partial charge in [0.1, 0.15) is 5.69 Å². The number of hydrogen-bond acceptors (Lipinski definition) is 3. The normalized spacial score (nSPS) is 10.9. The molecule has 3 aromatic rings. The first-order valence-electron chi connectivity index (χ1n) is 7.56. The Morgan fingerprint density at radius 1 is 1.30 bits per heavy atom. The molecule has 0 atom stereocenters. The van der Waals surface area contributed by atoms with E-state index in [4.69, 9.17) is 0 Å². The molecular weight excluding hydrogens is 292 g/mol. The lowest BCUT2D eigenvalue weighted by molar-refractivity contribution is 0.101. The van der Waals surface area contributed by atoms with Gasteiger partial charge in [0, 0.05) is 18.3 Å². The van der Waals surface area contributed by atoms with Gasteiger partial charge < -0.3 is 9.55 Å². The molecule has 0 unspecified atom stereocenters. The fourth-order valence-electron chi connectivity index (χ4n) is 2.52. The van der Waals surface area contributed by atoms with Crippen LogP contribution in [0.15, 0.2) is 36.5 Å². The molecule has 1 amide bonds. The zero-order valence-electron chi connectivity index (χ0n) is 13.1. The number of para-hydroxylation sites is 2. The van der Waals surface area contributed by atoms with Crippen LogP contribution in [0, 0.1) is 0 Å². The van der Waals surface area contributed by atoms with E-state index in [2.05, 4.69) is 22.2 Å². The Morgan fingerprint density at radius 2 is 2.09 bits per heavy atom. The number of Topliss-reactive ketones (excluding diaryl/α,β-unsaturated/α-hetero) is 1. The maximum Gasteiger partial charge on any atom is 0.274 e. The molecule has 2 N–H and O–H groups in total. The fourth-order valence-corrected chi connectivity index (χ4v) is 2.52. The average Bonchev–Trinajstić information content (AvgIpc) is 3.14. The molecule has 0 saturated carbocycles. The number of carbonyl (C=O) groups excluding carboxylic acids is 2. The highest BCUT2D eigenvalue weighted by Gasteiger charge is 2.15. The molecule has 0 aliphatic heterocycles. The van der Waals surface area contributed by atoms with Crippen LogP contribution in [0.5, 0.6) is 0 Å². The predicted octanol–water partition coefficient (Wildman–Crippen LogP) is 3.23. The summed E-state index contributed by atoms with van der Waals surface area (Å²) in [6, 6.07) is 9.31. The monoisotopic (exact) mass is 310 g/mol. The maximum atomic E-state index is 12.4. The first kappa shape index (κ1) is 15.0. The minimum Gasteiger partial charge on any atom is -0.356 e. The van der Waals surface area contributed by atoms with Gasteiger partial charge in [-0.1, -0.05) is 19.1 Å². The van der Waals surface area contributed by atoms with E-state index < -0.39 is 0 Å². The predicted molar refractivity (Wildman–Crippen MR) is 88.8 cm³/mol. The van der Waals surface area contributed by atoms with E-state index in [-0.39, 0.29) is 11.7 Å². The van der Waals surface area contributed by atoms with Crippen LogP contribution in [-0.4, -0.2) is 26.2 Å². The quantitative estimate of drug-likeness (QED) is 0.710. The van der Waals surface area contributed by atoms with Crippen molar-refractivity contribution in [2.24, 2.45) is 0 Å². The Morgan fingerprint density at radius 3 is 2.78 bits per heavy atom. The van der Waals surface area contributed by atoms with Gasteiger partial charge in [-0.2, -0.15) is 0 Å². The van der Waals surface area contributed by atoms with E-state index in [0.29, 0.717) is 17.2 Å². The highest BCUT2D eigenvalue weighted by molar-refractivity contribution is 6.05. The molecule has 0 saturated heterocycles. The van der Waals surface area contributed by atoms with Crippen LogP contribution in [0.1, 0.15) is 41.1 Å². The van der Waals surface area contributed by atoms with Gasteiger partial charge in [0.15, 0.2) is 5.78 Å². The number of carbonyl (C=O) groups is 2. The third-order valence-electron chi connectivity index (χ3n) is 3.66.